The lowest BCUT2D eigenvalue weighted by Gasteiger charge is -2.13. The highest BCUT2D eigenvalue weighted by Gasteiger charge is 2.22. The van der Waals surface area contributed by atoms with Crippen molar-refractivity contribution in [2.75, 3.05) is 25.4 Å². The maximum atomic E-state index is 11.9. The van der Waals surface area contributed by atoms with Crippen LogP contribution in [0, 0.1) is 0 Å². The van der Waals surface area contributed by atoms with Crippen LogP contribution in [0.5, 0.6) is 0 Å². The molecule has 10 nitrogen and oxygen atoms in total. The highest BCUT2D eigenvalue weighted by atomic mass is 32.2. The molecule has 0 saturated heterocycles. The summed E-state index contributed by atoms with van der Waals surface area (Å²) in [6, 6.07) is 0. The zero-order valence-corrected chi connectivity index (χ0v) is 23.6. The first kappa shape index (κ1) is 33.8. The smallest absolute Gasteiger partial charge is 0.264 e. The van der Waals surface area contributed by atoms with Crippen LogP contribution >= 0.6 is 0 Å². The number of carbonyl (C=O) groups excluding carboxylic acids is 4. The fourth-order valence-electron chi connectivity index (χ4n) is 4.28. The van der Waals surface area contributed by atoms with E-state index < -0.39 is 10.1 Å². The number of rotatable bonds is 24. The van der Waals surface area contributed by atoms with Gasteiger partial charge >= 0.3 is 0 Å². The van der Waals surface area contributed by atoms with Crippen molar-refractivity contribution in [3.63, 3.8) is 0 Å². The SMILES string of the molecule is O=C(CCCCCCCCCCCCCCCS(=O)(=O)O)NCCCNC(=O)CCCN1C(=O)C=CC1=O. The van der Waals surface area contributed by atoms with E-state index in [1.807, 2.05) is 0 Å². The third-order valence-corrected chi connectivity index (χ3v) is 7.29. The van der Waals surface area contributed by atoms with Crippen LogP contribution in [0.15, 0.2) is 12.2 Å². The molecule has 0 fully saturated rings. The third-order valence-electron chi connectivity index (χ3n) is 6.49. The van der Waals surface area contributed by atoms with Crippen molar-refractivity contribution < 1.29 is 32.1 Å². The molecule has 0 atom stereocenters. The maximum absolute atomic E-state index is 11.9. The average Bonchev–Trinajstić information content (AvgIpc) is 3.17. The van der Waals surface area contributed by atoms with Crippen LogP contribution in [-0.2, 0) is 29.3 Å². The molecule has 1 rings (SSSR count). The number of nitrogens with zero attached hydrogens (tertiary/aromatic N) is 1. The predicted octanol–water partition coefficient (Wildman–Crippen LogP) is 3.66. The molecule has 1 aliphatic heterocycles. The number of unbranched alkanes of at least 4 members (excludes halogenated alkanes) is 12. The van der Waals surface area contributed by atoms with Crippen molar-refractivity contribution in [3.05, 3.63) is 12.2 Å². The maximum Gasteiger partial charge on any atom is 0.264 e. The average molecular weight is 558 g/mol. The van der Waals surface area contributed by atoms with E-state index in [-0.39, 0.29) is 42.3 Å². The zero-order valence-electron chi connectivity index (χ0n) is 22.8. The third kappa shape index (κ3) is 18.9. The van der Waals surface area contributed by atoms with E-state index in [0.717, 1.165) is 43.4 Å². The molecule has 0 unspecified atom stereocenters. The molecule has 4 amide bonds. The van der Waals surface area contributed by atoms with Gasteiger partial charge in [0.05, 0.1) is 5.75 Å². The van der Waals surface area contributed by atoms with E-state index in [2.05, 4.69) is 10.6 Å². The minimum Gasteiger partial charge on any atom is -0.356 e. The van der Waals surface area contributed by atoms with Gasteiger partial charge in [-0.05, 0) is 25.7 Å². The van der Waals surface area contributed by atoms with Crippen LogP contribution in [-0.4, -0.2) is 66.9 Å². The summed E-state index contributed by atoms with van der Waals surface area (Å²) in [5.74, 6) is -0.886. The molecule has 0 spiro atoms. The van der Waals surface area contributed by atoms with Gasteiger partial charge in [0.25, 0.3) is 21.9 Å². The van der Waals surface area contributed by atoms with E-state index in [9.17, 15) is 27.6 Å². The first-order valence-electron chi connectivity index (χ1n) is 14.2. The van der Waals surface area contributed by atoms with Crippen molar-refractivity contribution in [1.29, 1.82) is 0 Å². The lowest BCUT2D eigenvalue weighted by Crippen LogP contribution is -2.33. The normalized spacial score (nSPS) is 13.3. The Bertz CT molecular complexity index is 841. The van der Waals surface area contributed by atoms with Gasteiger partial charge in [-0.1, -0.05) is 70.6 Å². The lowest BCUT2D eigenvalue weighted by molar-refractivity contribution is -0.137. The summed E-state index contributed by atoms with van der Waals surface area (Å²) in [6.45, 7) is 1.23. The molecule has 38 heavy (non-hydrogen) atoms. The van der Waals surface area contributed by atoms with Crippen LogP contribution in [0.1, 0.15) is 109 Å². The van der Waals surface area contributed by atoms with Crippen molar-refractivity contribution in [1.82, 2.24) is 15.5 Å². The topological polar surface area (TPSA) is 150 Å². The summed E-state index contributed by atoms with van der Waals surface area (Å²) in [7, 11) is -3.81. The van der Waals surface area contributed by atoms with E-state index in [4.69, 9.17) is 4.55 Å². The van der Waals surface area contributed by atoms with Crippen molar-refractivity contribution >= 4 is 33.7 Å². The molecule has 11 heteroatoms. The minimum absolute atomic E-state index is 0.0443. The van der Waals surface area contributed by atoms with Crippen LogP contribution in [0.25, 0.3) is 0 Å². The van der Waals surface area contributed by atoms with Crippen LogP contribution < -0.4 is 10.6 Å². The number of nitrogens with one attached hydrogen (secondary N) is 2. The van der Waals surface area contributed by atoms with Gasteiger partial charge in [0.2, 0.25) is 11.8 Å². The van der Waals surface area contributed by atoms with Crippen LogP contribution in [0.3, 0.4) is 0 Å². The van der Waals surface area contributed by atoms with E-state index in [1.165, 1.54) is 50.7 Å². The summed E-state index contributed by atoms with van der Waals surface area (Å²) in [5, 5.41) is 5.67. The van der Waals surface area contributed by atoms with E-state index in [1.54, 1.807) is 0 Å². The first-order valence-corrected chi connectivity index (χ1v) is 15.8. The molecular weight excluding hydrogens is 510 g/mol. The molecule has 0 aromatic heterocycles. The van der Waals surface area contributed by atoms with Gasteiger partial charge in [-0.3, -0.25) is 28.6 Å². The Hall–Kier alpha value is -2.27. The molecule has 0 aromatic carbocycles. The lowest BCUT2D eigenvalue weighted by atomic mass is 10.0. The standard InChI is InChI=1S/C27H47N3O7S/c31-24(28-20-15-21-29-25(32)17-14-22-30-26(33)18-19-27(30)34)16-12-10-8-6-4-2-1-3-5-7-9-11-13-23-38(35,36)37/h18-19H,1-17,20-23H2,(H,28,31)(H,29,32)(H,35,36,37). The van der Waals surface area contributed by atoms with Gasteiger partial charge in [-0.15, -0.1) is 0 Å². The van der Waals surface area contributed by atoms with Crippen molar-refractivity contribution in [2.45, 2.75) is 109 Å². The predicted molar refractivity (Wildman–Crippen MR) is 147 cm³/mol. The Kier molecular flexibility index (Phi) is 18.4. The summed E-state index contributed by atoms with van der Waals surface area (Å²) >= 11 is 0. The Morgan fingerprint density at radius 1 is 0.632 bits per heavy atom. The Morgan fingerprint density at radius 2 is 1.03 bits per heavy atom. The van der Waals surface area contributed by atoms with Gasteiger partial charge in [-0.25, -0.2) is 0 Å². The number of carbonyl (C=O) groups is 4. The second-order valence-corrected chi connectivity index (χ2v) is 11.5. The molecule has 3 N–H and O–H groups in total. The van der Waals surface area contributed by atoms with Gasteiger partial charge < -0.3 is 10.6 Å². The first-order chi connectivity index (χ1) is 18.2. The molecule has 0 saturated carbocycles. The molecule has 0 bridgehead atoms. The molecular formula is C27H47N3O7S. The van der Waals surface area contributed by atoms with Gasteiger partial charge in [0, 0.05) is 44.6 Å². The number of hydrogen-bond acceptors (Lipinski definition) is 6. The van der Waals surface area contributed by atoms with E-state index in [0.29, 0.717) is 38.8 Å². The van der Waals surface area contributed by atoms with Gasteiger partial charge in [-0.2, -0.15) is 8.42 Å². The zero-order chi connectivity index (χ0) is 28.1. The molecule has 1 aliphatic rings. The van der Waals surface area contributed by atoms with Crippen molar-refractivity contribution in [2.24, 2.45) is 0 Å². The molecule has 0 aliphatic carbocycles. The molecule has 218 valence electrons. The van der Waals surface area contributed by atoms with Crippen molar-refractivity contribution in [3.8, 4) is 0 Å². The largest absolute Gasteiger partial charge is 0.356 e. The highest BCUT2D eigenvalue weighted by molar-refractivity contribution is 7.85. The molecule has 0 aromatic rings. The fourth-order valence-corrected chi connectivity index (χ4v) is 4.85. The van der Waals surface area contributed by atoms with Crippen LogP contribution in [0.4, 0.5) is 0 Å². The summed E-state index contributed by atoms with van der Waals surface area (Å²) in [4.78, 5) is 47.8. The monoisotopic (exact) mass is 557 g/mol. The van der Waals surface area contributed by atoms with E-state index >= 15 is 0 Å². The summed E-state index contributed by atoms with van der Waals surface area (Å²) in [6.07, 6.45) is 18.2. The number of amides is 4. The number of imide groups is 1. The van der Waals surface area contributed by atoms with Gasteiger partial charge in [0.15, 0.2) is 0 Å². The highest BCUT2D eigenvalue weighted by Crippen LogP contribution is 2.13. The Labute approximate surface area is 228 Å². The van der Waals surface area contributed by atoms with Crippen LogP contribution in [0.2, 0.25) is 0 Å². The molecule has 0 radical (unpaired) electrons. The fraction of sp³-hybridized carbons (Fsp3) is 0.778. The minimum atomic E-state index is -3.81. The van der Waals surface area contributed by atoms with Gasteiger partial charge in [0.1, 0.15) is 0 Å². The Balaban J connectivity index is 1.80. The summed E-state index contributed by atoms with van der Waals surface area (Å²) in [5.41, 5.74) is 0. The molecule has 1 heterocycles. The Morgan fingerprint density at radius 3 is 1.47 bits per heavy atom. The quantitative estimate of drug-likeness (QED) is 0.0931. The second kappa shape index (κ2) is 20.7. The second-order valence-electron chi connectivity index (χ2n) is 9.95. The summed E-state index contributed by atoms with van der Waals surface area (Å²) < 4.78 is 29.9. The number of hydrogen-bond donors (Lipinski definition) is 3.